The summed E-state index contributed by atoms with van der Waals surface area (Å²) in [6.45, 7) is 0. The van der Waals surface area contributed by atoms with Crippen LogP contribution in [-0.2, 0) is 0 Å². The number of nitro groups is 1. The monoisotopic (exact) mass is 419 g/mol. The van der Waals surface area contributed by atoms with Gasteiger partial charge in [-0.15, -0.1) is 0 Å². The minimum absolute atomic E-state index is 0.0200. The number of para-hydroxylation sites is 1. The number of anilines is 1. The number of hydrogen-bond acceptors (Lipinski definition) is 5. The topological polar surface area (TPSA) is 94.4 Å². The van der Waals surface area contributed by atoms with Crippen LogP contribution in [0, 0.1) is 10.1 Å². The van der Waals surface area contributed by atoms with Crippen molar-refractivity contribution in [2.45, 2.75) is 0 Å². The molecule has 1 heterocycles. The fraction of sp³-hybridized carbons (Fsp3) is 0. The summed E-state index contributed by atoms with van der Waals surface area (Å²) in [6, 6.07) is 21.8. The second-order valence-electron chi connectivity index (χ2n) is 6.34. The molecule has 0 atom stereocenters. The Kier molecular flexibility index (Phi) is 5.28. The summed E-state index contributed by atoms with van der Waals surface area (Å²) >= 11 is 6.01. The van der Waals surface area contributed by atoms with Crippen LogP contribution < -0.4 is 10.1 Å². The van der Waals surface area contributed by atoms with Gasteiger partial charge < -0.3 is 10.1 Å². The number of aromatic nitrogens is 1. The molecule has 0 saturated carbocycles. The highest BCUT2D eigenvalue weighted by Gasteiger charge is 2.16. The molecular weight excluding hydrogens is 406 g/mol. The lowest BCUT2D eigenvalue weighted by Gasteiger charge is -2.09. The Labute approximate surface area is 176 Å². The molecule has 30 heavy (non-hydrogen) atoms. The lowest BCUT2D eigenvalue weighted by Crippen LogP contribution is -2.12. The van der Waals surface area contributed by atoms with E-state index in [2.05, 4.69) is 10.3 Å². The lowest BCUT2D eigenvalue weighted by atomic mass is 10.2. The number of amides is 1. The molecule has 0 spiro atoms. The van der Waals surface area contributed by atoms with Gasteiger partial charge in [0.1, 0.15) is 5.75 Å². The second kappa shape index (κ2) is 8.18. The number of fused-ring (bicyclic) bond motifs is 1. The van der Waals surface area contributed by atoms with E-state index in [1.807, 2.05) is 30.3 Å². The molecule has 7 nitrogen and oxygen atoms in total. The van der Waals surface area contributed by atoms with E-state index < -0.39 is 10.8 Å². The molecule has 1 aromatic heterocycles. The number of carbonyl (C=O) groups excluding carboxylic acids is 1. The van der Waals surface area contributed by atoms with Crippen molar-refractivity contribution in [1.29, 1.82) is 0 Å². The zero-order valence-corrected chi connectivity index (χ0v) is 16.2. The van der Waals surface area contributed by atoms with Crippen LogP contribution in [0.2, 0.25) is 5.02 Å². The van der Waals surface area contributed by atoms with Crippen LogP contribution >= 0.6 is 11.6 Å². The van der Waals surface area contributed by atoms with Gasteiger partial charge in [0.15, 0.2) is 0 Å². The number of ether oxygens (including phenoxy) is 1. The van der Waals surface area contributed by atoms with E-state index in [4.69, 9.17) is 16.3 Å². The quantitative estimate of drug-likeness (QED) is 0.324. The Bertz CT molecular complexity index is 1260. The maximum atomic E-state index is 12.5. The first-order chi connectivity index (χ1) is 14.5. The number of nitrogens with zero attached hydrogens (tertiary/aromatic N) is 2. The van der Waals surface area contributed by atoms with Gasteiger partial charge in [-0.3, -0.25) is 14.9 Å². The molecule has 0 bridgehead atoms. The summed E-state index contributed by atoms with van der Waals surface area (Å²) in [5, 5.41) is 14.7. The van der Waals surface area contributed by atoms with E-state index in [0.29, 0.717) is 17.3 Å². The SMILES string of the molecule is O=C(Nc1ccc(Oc2ccc3ccccc3n2)cc1)c1cc([N+](=O)[O-])ccc1Cl. The van der Waals surface area contributed by atoms with E-state index in [9.17, 15) is 14.9 Å². The fourth-order valence-electron chi connectivity index (χ4n) is 2.83. The summed E-state index contributed by atoms with van der Waals surface area (Å²) in [5.74, 6) is 0.451. The number of pyridine rings is 1. The average Bonchev–Trinajstić information content (AvgIpc) is 2.75. The number of hydrogen-bond donors (Lipinski definition) is 1. The van der Waals surface area contributed by atoms with E-state index in [-0.39, 0.29) is 16.3 Å². The summed E-state index contributed by atoms with van der Waals surface area (Å²) < 4.78 is 5.77. The summed E-state index contributed by atoms with van der Waals surface area (Å²) in [5.41, 5.74) is 1.12. The standard InChI is InChI=1S/C22H14ClN3O4/c23-19-11-8-16(26(28)29)13-18(19)22(27)24-15-6-9-17(10-7-15)30-21-12-5-14-3-1-2-4-20(14)25-21/h1-13H,(H,24,27). The Balaban J connectivity index is 1.47. The molecule has 3 aromatic carbocycles. The van der Waals surface area contributed by atoms with Gasteiger partial charge in [-0.1, -0.05) is 29.8 Å². The highest BCUT2D eigenvalue weighted by atomic mass is 35.5. The van der Waals surface area contributed by atoms with Crippen molar-refractivity contribution < 1.29 is 14.5 Å². The third-order valence-corrected chi connectivity index (χ3v) is 4.64. The number of non-ortho nitro benzene ring substituents is 1. The molecule has 8 heteroatoms. The zero-order valence-electron chi connectivity index (χ0n) is 15.4. The number of nitro benzene ring substituents is 1. The molecule has 0 aliphatic heterocycles. The van der Waals surface area contributed by atoms with Gasteiger partial charge in [-0.25, -0.2) is 4.98 Å². The van der Waals surface area contributed by atoms with Crippen molar-refractivity contribution in [3.8, 4) is 11.6 Å². The van der Waals surface area contributed by atoms with Gasteiger partial charge in [0.2, 0.25) is 5.88 Å². The molecule has 0 aliphatic carbocycles. The molecule has 4 rings (SSSR count). The molecule has 0 saturated heterocycles. The molecule has 0 radical (unpaired) electrons. The van der Waals surface area contributed by atoms with Crippen molar-refractivity contribution in [1.82, 2.24) is 4.98 Å². The fourth-order valence-corrected chi connectivity index (χ4v) is 3.03. The van der Waals surface area contributed by atoms with Crippen LogP contribution in [-0.4, -0.2) is 15.8 Å². The molecule has 148 valence electrons. The van der Waals surface area contributed by atoms with Crippen molar-refractivity contribution >= 4 is 39.8 Å². The number of nitrogens with one attached hydrogen (secondary N) is 1. The van der Waals surface area contributed by atoms with Crippen LogP contribution in [0.1, 0.15) is 10.4 Å². The van der Waals surface area contributed by atoms with E-state index in [1.165, 1.54) is 12.1 Å². The van der Waals surface area contributed by atoms with Crippen molar-refractivity contribution in [3.05, 3.63) is 99.6 Å². The van der Waals surface area contributed by atoms with Gasteiger partial charge in [0, 0.05) is 29.3 Å². The predicted octanol–water partition coefficient (Wildman–Crippen LogP) is 5.84. The van der Waals surface area contributed by atoms with Gasteiger partial charge >= 0.3 is 0 Å². The summed E-state index contributed by atoms with van der Waals surface area (Å²) in [4.78, 5) is 27.2. The Hall–Kier alpha value is -3.97. The Morgan fingerprint density at radius 1 is 1.00 bits per heavy atom. The first-order valence-corrected chi connectivity index (χ1v) is 9.26. The van der Waals surface area contributed by atoms with Crippen LogP contribution in [0.4, 0.5) is 11.4 Å². The number of carbonyl (C=O) groups is 1. The van der Waals surface area contributed by atoms with E-state index >= 15 is 0 Å². The van der Waals surface area contributed by atoms with E-state index in [1.54, 1.807) is 30.3 Å². The lowest BCUT2D eigenvalue weighted by molar-refractivity contribution is -0.384. The van der Waals surface area contributed by atoms with Crippen LogP contribution in [0.3, 0.4) is 0 Å². The minimum atomic E-state index is -0.583. The molecule has 1 N–H and O–H groups in total. The summed E-state index contributed by atoms with van der Waals surface area (Å²) in [6.07, 6.45) is 0. The minimum Gasteiger partial charge on any atom is -0.439 e. The average molecular weight is 420 g/mol. The second-order valence-corrected chi connectivity index (χ2v) is 6.75. The van der Waals surface area contributed by atoms with Crippen LogP contribution in [0.15, 0.2) is 78.9 Å². The van der Waals surface area contributed by atoms with Crippen molar-refractivity contribution in [2.24, 2.45) is 0 Å². The summed E-state index contributed by atoms with van der Waals surface area (Å²) in [7, 11) is 0. The zero-order chi connectivity index (χ0) is 21.1. The Morgan fingerprint density at radius 2 is 1.77 bits per heavy atom. The van der Waals surface area contributed by atoms with E-state index in [0.717, 1.165) is 17.0 Å². The molecule has 4 aromatic rings. The maximum Gasteiger partial charge on any atom is 0.270 e. The number of benzene rings is 3. The molecule has 1 amide bonds. The highest BCUT2D eigenvalue weighted by molar-refractivity contribution is 6.34. The van der Waals surface area contributed by atoms with Gasteiger partial charge in [-0.2, -0.15) is 0 Å². The smallest absolute Gasteiger partial charge is 0.270 e. The first-order valence-electron chi connectivity index (χ1n) is 8.88. The Morgan fingerprint density at radius 3 is 2.53 bits per heavy atom. The van der Waals surface area contributed by atoms with Gasteiger partial charge in [-0.05, 0) is 42.5 Å². The normalized spacial score (nSPS) is 10.6. The third-order valence-electron chi connectivity index (χ3n) is 4.31. The predicted molar refractivity (Wildman–Crippen MR) is 114 cm³/mol. The highest BCUT2D eigenvalue weighted by Crippen LogP contribution is 2.26. The van der Waals surface area contributed by atoms with Crippen molar-refractivity contribution in [2.75, 3.05) is 5.32 Å². The molecule has 0 aliphatic rings. The maximum absolute atomic E-state index is 12.5. The molecule has 0 fully saturated rings. The number of rotatable bonds is 5. The molecule has 0 unspecified atom stereocenters. The van der Waals surface area contributed by atoms with Crippen LogP contribution in [0.25, 0.3) is 10.9 Å². The van der Waals surface area contributed by atoms with Crippen molar-refractivity contribution in [3.63, 3.8) is 0 Å². The third kappa shape index (κ3) is 4.21. The van der Waals surface area contributed by atoms with Crippen LogP contribution in [0.5, 0.6) is 11.6 Å². The largest absolute Gasteiger partial charge is 0.439 e. The molecular formula is C22H14ClN3O4. The van der Waals surface area contributed by atoms with Gasteiger partial charge in [0.05, 0.1) is 21.0 Å². The first kappa shape index (κ1) is 19.4. The number of halogens is 1. The van der Waals surface area contributed by atoms with Gasteiger partial charge in [0.25, 0.3) is 11.6 Å².